The molecule has 0 fully saturated rings. The van der Waals surface area contributed by atoms with Crippen LogP contribution in [0.2, 0.25) is 0 Å². The lowest BCUT2D eigenvalue weighted by Gasteiger charge is -2.18. The summed E-state index contributed by atoms with van der Waals surface area (Å²) in [5.74, 6) is 0.160. The van der Waals surface area contributed by atoms with Crippen LogP contribution in [0.4, 0.5) is 5.69 Å². The molecule has 0 saturated heterocycles. The number of carbonyl (C=O) groups excluding carboxylic acids is 1. The number of anilines is 1. The third-order valence-electron chi connectivity index (χ3n) is 4.48. The maximum Gasteiger partial charge on any atom is 0.243 e. The minimum atomic E-state index is -3.48. The van der Waals surface area contributed by atoms with Crippen LogP contribution in [0, 0.1) is 0 Å². The van der Waals surface area contributed by atoms with Crippen LogP contribution in [0.1, 0.15) is 25.8 Å². The van der Waals surface area contributed by atoms with Crippen LogP contribution < -0.4 is 10.1 Å². The lowest BCUT2D eigenvalue weighted by atomic mass is 10.1. The molecular formula is C21H29N3O5S. The predicted molar refractivity (Wildman–Crippen MR) is 115 cm³/mol. The zero-order valence-electron chi connectivity index (χ0n) is 17.6. The van der Waals surface area contributed by atoms with Gasteiger partial charge in [-0.15, -0.1) is 0 Å². The van der Waals surface area contributed by atoms with Gasteiger partial charge in [-0.3, -0.25) is 4.79 Å². The minimum Gasteiger partial charge on any atom is -0.474 e. The van der Waals surface area contributed by atoms with Crippen LogP contribution in [-0.2, 0) is 26.0 Å². The van der Waals surface area contributed by atoms with E-state index < -0.39 is 10.0 Å². The number of ether oxygens (including phenoxy) is 2. The number of pyridine rings is 1. The summed E-state index contributed by atoms with van der Waals surface area (Å²) in [4.78, 5) is 16.7. The quantitative estimate of drug-likeness (QED) is 0.515. The zero-order valence-corrected chi connectivity index (χ0v) is 18.4. The van der Waals surface area contributed by atoms with Crippen molar-refractivity contribution in [2.45, 2.75) is 31.6 Å². The second-order valence-electron chi connectivity index (χ2n) is 6.48. The van der Waals surface area contributed by atoms with Crippen LogP contribution in [0.5, 0.6) is 5.88 Å². The molecule has 0 unspecified atom stereocenters. The van der Waals surface area contributed by atoms with Crippen molar-refractivity contribution in [1.82, 2.24) is 9.29 Å². The van der Waals surface area contributed by atoms with Crippen molar-refractivity contribution < 1.29 is 22.7 Å². The zero-order chi connectivity index (χ0) is 22.0. The molecule has 0 spiro atoms. The highest BCUT2D eigenvalue weighted by molar-refractivity contribution is 7.89. The Hall–Kier alpha value is -2.49. The van der Waals surface area contributed by atoms with Gasteiger partial charge in [0.1, 0.15) is 12.3 Å². The van der Waals surface area contributed by atoms with E-state index in [1.165, 1.54) is 4.31 Å². The molecule has 9 heteroatoms. The summed E-state index contributed by atoms with van der Waals surface area (Å²) in [6.45, 7) is 5.22. The molecule has 164 valence electrons. The van der Waals surface area contributed by atoms with E-state index >= 15 is 0 Å². The molecule has 1 heterocycles. The van der Waals surface area contributed by atoms with Gasteiger partial charge >= 0.3 is 0 Å². The maximum absolute atomic E-state index is 12.5. The molecule has 0 saturated carbocycles. The van der Waals surface area contributed by atoms with E-state index in [4.69, 9.17) is 9.47 Å². The topological polar surface area (TPSA) is 97.8 Å². The standard InChI is InChI=1S/C21H29N3O5S/c1-4-24(5-2)30(26,27)18-11-8-17(9-12-18)10-13-20(25)23-19-7-6-14-22-21(19)29-16-15-28-3/h6-9,11-12,14H,4-5,10,13,15-16H2,1-3H3,(H,23,25). The molecule has 0 bridgehead atoms. The molecule has 30 heavy (non-hydrogen) atoms. The van der Waals surface area contributed by atoms with Gasteiger partial charge in [0.05, 0.1) is 11.5 Å². The number of methoxy groups -OCH3 is 1. The van der Waals surface area contributed by atoms with E-state index in [1.54, 1.807) is 49.7 Å². The average Bonchev–Trinajstić information content (AvgIpc) is 2.74. The van der Waals surface area contributed by atoms with Crippen molar-refractivity contribution in [3.8, 4) is 5.88 Å². The van der Waals surface area contributed by atoms with Crippen molar-refractivity contribution in [1.29, 1.82) is 0 Å². The van der Waals surface area contributed by atoms with Crippen LogP contribution in [0.3, 0.4) is 0 Å². The first-order valence-electron chi connectivity index (χ1n) is 9.88. The summed E-state index contributed by atoms with van der Waals surface area (Å²) in [5, 5.41) is 2.80. The van der Waals surface area contributed by atoms with Crippen molar-refractivity contribution in [3.05, 3.63) is 48.2 Å². The first-order valence-corrected chi connectivity index (χ1v) is 11.3. The number of carbonyl (C=O) groups is 1. The Kier molecular flexibility index (Phi) is 9.22. The summed E-state index contributed by atoms with van der Waals surface area (Å²) in [7, 11) is -1.90. The molecule has 2 rings (SSSR count). The Morgan fingerprint density at radius 1 is 1.10 bits per heavy atom. The summed E-state index contributed by atoms with van der Waals surface area (Å²) in [6, 6.07) is 10.1. The van der Waals surface area contributed by atoms with Crippen molar-refractivity contribution >= 4 is 21.6 Å². The fourth-order valence-electron chi connectivity index (χ4n) is 2.83. The molecule has 0 radical (unpaired) electrons. The largest absolute Gasteiger partial charge is 0.474 e. The van der Waals surface area contributed by atoms with Crippen LogP contribution in [0.15, 0.2) is 47.5 Å². The third-order valence-corrected chi connectivity index (χ3v) is 6.54. The van der Waals surface area contributed by atoms with Gasteiger partial charge in [0, 0.05) is 32.8 Å². The summed E-state index contributed by atoms with van der Waals surface area (Å²) in [5.41, 5.74) is 1.38. The van der Waals surface area contributed by atoms with Gasteiger partial charge in [-0.05, 0) is 36.2 Å². The third kappa shape index (κ3) is 6.51. The molecule has 1 amide bonds. The number of aryl methyl sites for hydroxylation is 1. The van der Waals surface area contributed by atoms with Crippen molar-refractivity contribution in [3.63, 3.8) is 0 Å². The number of hydrogen-bond acceptors (Lipinski definition) is 6. The first kappa shape index (κ1) is 23.8. The van der Waals surface area contributed by atoms with Crippen molar-refractivity contribution in [2.75, 3.05) is 38.7 Å². The monoisotopic (exact) mass is 435 g/mol. The smallest absolute Gasteiger partial charge is 0.243 e. The number of nitrogens with one attached hydrogen (secondary N) is 1. The second-order valence-corrected chi connectivity index (χ2v) is 8.42. The molecule has 1 aromatic carbocycles. The summed E-state index contributed by atoms with van der Waals surface area (Å²) >= 11 is 0. The Morgan fingerprint density at radius 2 is 1.80 bits per heavy atom. The first-order chi connectivity index (χ1) is 14.4. The Bertz CT molecular complexity index is 912. The van der Waals surface area contributed by atoms with Gasteiger partial charge in [-0.2, -0.15) is 4.31 Å². The van der Waals surface area contributed by atoms with Gasteiger partial charge in [0.2, 0.25) is 21.8 Å². The van der Waals surface area contributed by atoms with Gasteiger partial charge in [-0.1, -0.05) is 26.0 Å². The number of sulfonamides is 1. The van der Waals surface area contributed by atoms with Crippen molar-refractivity contribution in [2.24, 2.45) is 0 Å². The number of aromatic nitrogens is 1. The van der Waals surface area contributed by atoms with Crippen LogP contribution in [0.25, 0.3) is 0 Å². The minimum absolute atomic E-state index is 0.181. The summed E-state index contributed by atoms with van der Waals surface area (Å²) < 4.78 is 36.9. The molecule has 1 aromatic heterocycles. The molecule has 0 aliphatic carbocycles. The highest BCUT2D eigenvalue weighted by atomic mass is 32.2. The normalized spacial score (nSPS) is 11.5. The Labute approximate surface area is 178 Å². The molecule has 8 nitrogen and oxygen atoms in total. The highest BCUT2D eigenvalue weighted by Crippen LogP contribution is 2.21. The van der Waals surface area contributed by atoms with E-state index in [1.807, 2.05) is 13.8 Å². The van der Waals surface area contributed by atoms with Crippen LogP contribution >= 0.6 is 0 Å². The van der Waals surface area contributed by atoms with E-state index in [0.717, 1.165) is 5.56 Å². The fourth-order valence-corrected chi connectivity index (χ4v) is 4.29. The fraction of sp³-hybridized carbons (Fsp3) is 0.429. The lowest BCUT2D eigenvalue weighted by Crippen LogP contribution is -2.30. The number of nitrogens with zero attached hydrogens (tertiary/aromatic N) is 2. The van der Waals surface area contributed by atoms with Gasteiger partial charge < -0.3 is 14.8 Å². The van der Waals surface area contributed by atoms with Gasteiger partial charge in [0.15, 0.2) is 0 Å². The molecule has 0 atom stereocenters. The SMILES string of the molecule is CCN(CC)S(=O)(=O)c1ccc(CCC(=O)Nc2cccnc2OCCOC)cc1. The number of rotatable bonds is 12. The molecular weight excluding hydrogens is 406 g/mol. The van der Waals surface area contributed by atoms with Crippen LogP contribution in [-0.4, -0.2) is 57.0 Å². The maximum atomic E-state index is 12.5. The summed E-state index contributed by atoms with van der Waals surface area (Å²) in [6.07, 6.45) is 2.32. The highest BCUT2D eigenvalue weighted by Gasteiger charge is 2.21. The van der Waals surface area contributed by atoms with Gasteiger partial charge in [0.25, 0.3) is 0 Å². The molecule has 0 aliphatic heterocycles. The molecule has 1 N–H and O–H groups in total. The lowest BCUT2D eigenvalue weighted by molar-refractivity contribution is -0.116. The average molecular weight is 436 g/mol. The van der Waals surface area contributed by atoms with E-state index in [0.29, 0.717) is 44.3 Å². The molecule has 0 aliphatic rings. The second kappa shape index (κ2) is 11.6. The molecule has 2 aromatic rings. The van der Waals surface area contributed by atoms with Gasteiger partial charge in [-0.25, -0.2) is 13.4 Å². The van der Waals surface area contributed by atoms with E-state index in [9.17, 15) is 13.2 Å². The number of hydrogen-bond donors (Lipinski definition) is 1. The Morgan fingerprint density at radius 3 is 2.43 bits per heavy atom. The van der Waals surface area contributed by atoms with E-state index in [-0.39, 0.29) is 17.2 Å². The predicted octanol–water partition coefficient (Wildman–Crippen LogP) is 2.71. The van der Waals surface area contributed by atoms with E-state index in [2.05, 4.69) is 10.3 Å². The number of benzene rings is 1. The number of amides is 1. The Balaban J connectivity index is 1.94.